The Kier molecular flexibility index (Phi) is 7.70. The van der Waals surface area contributed by atoms with E-state index in [2.05, 4.69) is 0 Å². The van der Waals surface area contributed by atoms with E-state index in [1.54, 1.807) is 0 Å². The van der Waals surface area contributed by atoms with Gasteiger partial charge in [-0.2, -0.15) is 5.26 Å². The molecule has 0 aliphatic carbocycles. The van der Waals surface area contributed by atoms with Crippen LogP contribution in [0, 0.1) is 31.6 Å². The van der Waals surface area contributed by atoms with Gasteiger partial charge in [-0.15, -0.1) is 0 Å². The highest BCUT2D eigenvalue weighted by atomic mass is 16.6. The third kappa shape index (κ3) is 5.95. The summed E-state index contributed by atoms with van der Waals surface area (Å²) in [5.74, 6) is -1.55. The van der Waals surface area contributed by atoms with E-state index in [0.29, 0.717) is 31.9 Å². The summed E-state index contributed by atoms with van der Waals surface area (Å²) in [5, 5.41) is 31.6. The number of nitro benzene ring substituents is 2. The maximum atomic E-state index is 12.6. The topological polar surface area (TPSA) is 175 Å². The number of nitriles is 1. The van der Waals surface area contributed by atoms with Gasteiger partial charge < -0.3 is 19.1 Å². The van der Waals surface area contributed by atoms with E-state index in [4.69, 9.17) is 14.2 Å². The van der Waals surface area contributed by atoms with Crippen LogP contribution in [0.2, 0.25) is 0 Å². The molecular weight excluding hydrogens is 464 g/mol. The van der Waals surface area contributed by atoms with Gasteiger partial charge >= 0.3 is 5.97 Å². The molecule has 1 saturated heterocycles. The second-order valence-electron chi connectivity index (χ2n) is 7.13. The number of rotatable bonds is 7. The Bertz CT molecular complexity index is 1230. The molecule has 2 aromatic carbocycles. The largest absolute Gasteiger partial charge is 0.493 e. The van der Waals surface area contributed by atoms with Gasteiger partial charge in [0.25, 0.3) is 17.3 Å². The van der Waals surface area contributed by atoms with Gasteiger partial charge in [0.2, 0.25) is 0 Å². The Morgan fingerprint density at radius 2 is 1.69 bits per heavy atom. The van der Waals surface area contributed by atoms with Crippen LogP contribution in [0.3, 0.4) is 0 Å². The maximum Gasteiger partial charge on any atom is 0.344 e. The SMILES string of the molecule is COc1cc(/C=C(\C#N)C(=O)N2CCOCC2)ccc1OC(=O)c1cc([N+](=O)[O-])cc([N+](=O)[O-])c1. The molecule has 0 radical (unpaired) electrons. The van der Waals surface area contributed by atoms with Crippen LogP contribution in [0.1, 0.15) is 15.9 Å². The van der Waals surface area contributed by atoms with Crippen LogP contribution in [0.4, 0.5) is 11.4 Å². The third-order valence-electron chi connectivity index (χ3n) is 4.91. The van der Waals surface area contributed by atoms with Crippen molar-refractivity contribution in [2.24, 2.45) is 0 Å². The van der Waals surface area contributed by atoms with Crippen LogP contribution in [-0.4, -0.2) is 60.0 Å². The molecule has 0 spiro atoms. The number of carbonyl (C=O) groups excluding carboxylic acids is 2. The number of hydrogen-bond acceptors (Lipinski definition) is 10. The number of amides is 1. The molecule has 0 bridgehead atoms. The minimum Gasteiger partial charge on any atom is -0.493 e. The fraction of sp³-hybridized carbons (Fsp3) is 0.227. The van der Waals surface area contributed by atoms with Crippen molar-refractivity contribution in [2.75, 3.05) is 33.4 Å². The van der Waals surface area contributed by atoms with Crippen molar-refractivity contribution in [3.8, 4) is 17.6 Å². The van der Waals surface area contributed by atoms with Crippen LogP contribution in [-0.2, 0) is 9.53 Å². The van der Waals surface area contributed by atoms with E-state index >= 15 is 0 Å². The highest BCUT2D eigenvalue weighted by Crippen LogP contribution is 2.31. The number of nitro groups is 2. The maximum absolute atomic E-state index is 12.6. The first-order chi connectivity index (χ1) is 16.7. The van der Waals surface area contributed by atoms with Gasteiger partial charge in [-0.3, -0.25) is 25.0 Å². The zero-order chi connectivity index (χ0) is 25.5. The van der Waals surface area contributed by atoms with Crippen molar-refractivity contribution >= 4 is 29.3 Å². The Balaban J connectivity index is 1.86. The monoisotopic (exact) mass is 482 g/mol. The van der Waals surface area contributed by atoms with E-state index in [0.717, 1.165) is 18.2 Å². The molecule has 3 rings (SSSR count). The number of carbonyl (C=O) groups is 2. The number of hydrogen-bond donors (Lipinski definition) is 0. The summed E-state index contributed by atoms with van der Waals surface area (Å²) in [7, 11) is 1.29. The molecule has 35 heavy (non-hydrogen) atoms. The molecule has 0 unspecified atom stereocenters. The van der Waals surface area contributed by atoms with Gasteiger partial charge in [0.15, 0.2) is 11.5 Å². The fourth-order valence-corrected chi connectivity index (χ4v) is 3.19. The molecule has 0 saturated carbocycles. The predicted octanol–water partition coefficient (Wildman–Crippen LogP) is 2.50. The predicted molar refractivity (Wildman–Crippen MR) is 119 cm³/mol. The molecule has 13 nitrogen and oxygen atoms in total. The fourth-order valence-electron chi connectivity index (χ4n) is 3.19. The summed E-state index contributed by atoms with van der Waals surface area (Å²) >= 11 is 0. The van der Waals surface area contributed by atoms with E-state index in [1.807, 2.05) is 6.07 Å². The summed E-state index contributed by atoms with van der Waals surface area (Å²) < 4.78 is 15.7. The standard InChI is InChI=1S/C22H18N4O9/c1-33-20-9-14(8-16(13-23)21(27)24-4-6-34-7-5-24)2-3-19(20)35-22(28)15-10-17(25(29)30)12-18(11-15)26(31)32/h2-3,8-12H,4-7H2,1H3/b16-8+. The average molecular weight is 482 g/mol. The molecule has 1 fully saturated rings. The van der Waals surface area contributed by atoms with Crippen molar-refractivity contribution in [1.82, 2.24) is 4.90 Å². The van der Waals surface area contributed by atoms with Crippen molar-refractivity contribution < 1.29 is 33.6 Å². The van der Waals surface area contributed by atoms with Crippen molar-refractivity contribution in [1.29, 1.82) is 5.26 Å². The Morgan fingerprint density at radius 1 is 1.06 bits per heavy atom. The molecule has 1 aliphatic rings. The summed E-state index contributed by atoms with van der Waals surface area (Å²) in [6.07, 6.45) is 1.36. The van der Waals surface area contributed by atoms with E-state index in [9.17, 15) is 35.1 Å². The number of morpholine rings is 1. The lowest BCUT2D eigenvalue weighted by Crippen LogP contribution is -2.41. The van der Waals surface area contributed by atoms with Crippen LogP contribution < -0.4 is 9.47 Å². The molecule has 1 amide bonds. The summed E-state index contributed by atoms with van der Waals surface area (Å²) in [5.41, 5.74) is -1.40. The number of esters is 1. The van der Waals surface area contributed by atoms with Gasteiger partial charge in [-0.1, -0.05) is 6.07 Å². The summed E-state index contributed by atoms with van der Waals surface area (Å²) in [6.45, 7) is 1.50. The van der Waals surface area contributed by atoms with Crippen LogP contribution in [0.25, 0.3) is 6.08 Å². The molecule has 0 atom stereocenters. The molecular formula is C22H18N4O9. The van der Waals surface area contributed by atoms with E-state index in [-0.39, 0.29) is 17.1 Å². The molecule has 2 aromatic rings. The van der Waals surface area contributed by atoms with Gasteiger partial charge in [0.1, 0.15) is 11.6 Å². The molecule has 180 valence electrons. The highest BCUT2D eigenvalue weighted by molar-refractivity contribution is 6.01. The first-order valence-electron chi connectivity index (χ1n) is 10.1. The normalized spacial score (nSPS) is 13.5. The van der Waals surface area contributed by atoms with Crippen LogP contribution >= 0.6 is 0 Å². The first-order valence-corrected chi connectivity index (χ1v) is 10.1. The van der Waals surface area contributed by atoms with Gasteiger partial charge in [0, 0.05) is 25.2 Å². The Morgan fingerprint density at radius 3 is 2.23 bits per heavy atom. The second-order valence-corrected chi connectivity index (χ2v) is 7.13. The smallest absolute Gasteiger partial charge is 0.344 e. The number of methoxy groups -OCH3 is 1. The Hall–Kier alpha value is -4.83. The minimum absolute atomic E-state index is 0.0585. The van der Waals surface area contributed by atoms with Crippen molar-refractivity contribution in [2.45, 2.75) is 0 Å². The van der Waals surface area contributed by atoms with Gasteiger partial charge in [-0.05, 0) is 23.8 Å². The summed E-state index contributed by atoms with van der Waals surface area (Å²) in [4.78, 5) is 47.0. The molecule has 1 aliphatic heterocycles. The minimum atomic E-state index is -1.08. The zero-order valence-corrected chi connectivity index (χ0v) is 18.3. The lowest BCUT2D eigenvalue weighted by atomic mass is 10.1. The van der Waals surface area contributed by atoms with Crippen molar-refractivity contribution in [3.63, 3.8) is 0 Å². The Labute approximate surface area is 198 Å². The van der Waals surface area contributed by atoms with E-state index < -0.39 is 38.7 Å². The highest BCUT2D eigenvalue weighted by Gasteiger charge is 2.23. The zero-order valence-electron chi connectivity index (χ0n) is 18.3. The van der Waals surface area contributed by atoms with E-state index in [1.165, 1.54) is 36.3 Å². The molecule has 13 heteroatoms. The van der Waals surface area contributed by atoms with Gasteiger partial charge in [0.05, 0.1) is 41.8 Å². The van der Waals surface area contributed by atoms with Crippen molar-refractivity contribution in [3.05, 3.63) is 73.3 Å². The third-order valence-corrected chi connectivity index (χ3v) is 4.91. The number of nitrogens with zero attached hydrogens (tertiary/aromatic N) is 4. The van der Waals surface area contributed by atoms with Gasteiger partial charge in [-0.25, -0.2) is 4.79 Å². The van der Waals surface area contributed by atoms with Crippen LogP contribution in [0.15, 0.2) is 42.0 Å². The number of ether oxygens (including phenoxy) is 3. The quantitative estimate of drug-likeness (QED) is 0.142. The lowest BCUT2D eigenvalue weighted by Gasteiger charge is -2.26. The number of benzene rings is 2. The molecule has 1 heterocycles. The summed E-state index contributed by atoms with van der Waals surface area (Å²) in [6, 6.07) is 8.53. The second kappa shape index (κ2) is 10.9. The average Bonchev–Trinajstić information content (AvgIpc) is 2.87. The lowest BCUT2D eigenvalue weighted by molar-refractivity contribution is -0.394. The first kappa shape index (κ1) is 24.8. The molecule has 0 aromatic heterocycles. The molecule has 0 N–H and O–H groups in total. The number of non-ortho nitro benzene ring substituents is 2. The van der Waals surface area contributed by atoms with Crippen LogP contribution in [0.5, 0.6) is 11.5 Å².